The van der Waals surface area contributed by atoms with Crippen LogP contribution in [-0.2, 0) is 6.54 Å². The Hall–Kier alpha value is -2.23. The van der Waals surface area contributed by atoms with Gasteiger partial charge in [-0.25, -0.2) is 8.78 Å². The SMILES string of the molecule is NCC#Cc1ccc(C(=O)NCc2ccc(F)c(F)c2)s1. The average Bonchev–Trinajstić information content (AvgIpc) is 2.95. The van der Waals surface area contributed by atoms with E-state index in [4.69, 9.17) is 5.73 Å². The fraction of sp³-hybridized carbons (Fsp3) is 0.133. The van der Waals surface area contributed by atoms with Crippen molar-refractivity contribution in [2.75, 3.05) is 6.54 Å². The van der Waals surface area contributed by atoms with E-state index in [0.717, 1.165) is 17.0 Å². The number of thiophene rings is 1. The summed E-state index contributed by atoms with van der Waals surface area (Å²) in [6, 6.07) is 6.90. The van der Waals surface area contributed by atoms with Gasteiger partial charge in [-0.15, -0.1) is 11.3 Å². The summed E-state index contributed by atoms with van der Waals surface area (Å²) in [7, 11) is 0. The largest absolute Gasteiger partial charge is 0.347 e. The maximum atomic E-state index is 13.0. The Balaban J connectivity index is 1.98. The van der Waals surface area contributed by atoms with Gasteiger partial charge in [0.25, 0.3) is 5.91 Å². The molecule has 0 fully saturated rings. The third-order valence-electron chi connectivity index (χ3n) is 2.58. The van der Waals surface area contributed by atoms with E-state index in [1.807, 2.05) is 0 Å². The second kappa shape index (κ2) is 6.97. The maximum absolute atomic E-state index is 13.0. The van der Waals surface area contributed by atoms with Crippen LogP contribution in [-0.4, -0.2) is 12.5 Å². The Morgan fingerprint density at radius 3 is 2.76 bits per heavy atom. The van der Waals surface area contributed by atoms with E-state index in [9.17, 15) is 13.6 Å². The van der Waals surface area contributed by atoms with E-state index in [-0.39, 0.29) is 19.0 Å². The minimum absolute atomic E-state index is 0.123. The van der Waals surface area contributed by atoms with Crippen LogP contribution in [0.1, 0.15) is 20.1 Å². The Morgan fingerprint density at radius 1 is 1.24 bits per heavy atom. The molecule has 3 N–H and O–H groups in total. The predicted octanol–water partition coefficient (Wildman–Crippen LogP) is 2.27. The number of hydrogen-bond donors (Lipinski definition) is 2. The molecule has 0 bridgehead atoms. The number of carbonyl (C=O) groups is 1. The van der Waals surface area contributed by atoms with Gasteiger partial charge in [-0.1, -0.05) is 17.9 Å². The smallest absolute Gasteiger partial charge is 0.261 e. The number of rotatable bonds is 3. The number of halogens is 2. The van der Waals surface area contributed by atoms with E-state index in [2.05, 4.69) is 17.2 Å². The third-order valence-corrected chi connectivity index (χ3v) is 3.58. The molecule has 0 atom stereocenters. The highest BCUT2D eigenvalue weighted by Crippen LogP contribution is 2.15. The molecule has 0 aliphatic carbocycles. The zero-order valence-electron chi connectivity index (χ0n) is 11.0. The minimum atomic E-state index is -0.933. The number of amides is 1. The summed E-state index contributed by atoms with van der Waals surface area (Å²) in [5, 5.41) is 2.64. The molecule has 0 saturated carbocycles. The van der Waals surface area contributed by atoms with Crippen LogP contribution >= 0.6 is 11.3 Å². The summed E-state index contributed by atoms with van der Waals surface area (Å²) in [6.45, 7) is 0.382. The first-order valence-corrected chi connectivity index (χ1v) is 6.92. The highest BCUT2D eigenvalue weighted by molar-refractivity contribution is 7.14. The van der Waals surface area contributed by atoms with Crippen LogP contribution in [0.15, 0.2) is 30.3 Å². The number of hydrogen-bond acceptors (Lipinski definition) is 3. The van der Waals surface area contributed by atoms with E-state index >= 15 is 0 Å². The van der Waals surface area contributed by atoms with Gasteiger partial charge < -0.3 is 11.1 Å². The van der Waals surface area contributed by atoms with Crippen LogP contribution < -0.4 is 11.1 Å². The van der Waals surface area contributed by atoms with Gasteiger partial charge in [-0.3, -0.25) is 4.79 Å². The van der Waals surface area contributed by atoms with Crippen molar-refractivity contribution < 1.29 is 13.6 Å². The molecule has 0 aliphatic heterocycles. The van der Waals surface area contributed by atoms with E-state index in [1.165, 1.54) is 17.4 Å². The average molecular weight is 306 g/mol. The molecule has 2 rings (SSSR count). The molecular formula is C15H12F2N2OS. The van der Waals surface area contributed by atoms with Gasteiger partial charge in [0.05, 0.1) is 16.3 Å². The second-order valence-electron chi connectivity index (χ2n) is 4.10. The summed E-state index contributed by atoms with van der Waals surface area (Å²) in [5.74, 6) is 3.41. The molecule has 1 aromatic carbocycles. The first kappa shape index (κ1) is 15.2. The molecule has 0 unspecified atom stereocenters. The predicted molar refractivity (Wildman–Crippen MR) is 77.8 cm³/mol. The first-order chi connectivity index (χ1) is 10.1. The Kier molecular flexibility index (Phi) is 5.04. The molecule has 1 aromatic heterocycles. The normalized spacial score (nSPS) is 9.86. The van der Waals surface area contributed by atoms with Gasteiger partial charge in [0.15, 0.2) is 11.6 Å². The summed E-state index contributed by atoms with van der Waals surface area (Å²) in [6.07, 6.45) is 0. The molecule has 0 spiro atoms. The van der Waals surface area contributed by atoms with Gasteiger partial charge in [0.1, 0.15) is 0 Å². The van der Waals surface area contributed by atoms with Crippen molar-refractivity contribution in [3.63, 3.8) is 0 Å². The quantitative estimate of drug-likeness (QED) is 0.855. The lowest BCUT2D eigenvalue weighted by molar-refractivity contribution is 0.0955. The molecule has 1 heterocycles. The minimum Gasteiger partial charge on any atom is -0.347 e. The molecule has 6 heteroatoms. The summed E-state index contributed by atoms with van der Waals surface area (Å²) < 4.78 is 25.8. The van der Waals surface area contributed by atoms with Gasteiger partial charge >= 0.3 is 0 Å². The van der Waals surface area contributed by atoms with E-state index in [1.54, 1.807) is 12.1 Å². The zero-order valence-corrected chi connectivity index (χ0v) is 11.8. The lowest BCUT2D eigenvalue weighted by atomic mass is 10.2. The third kappa shape index (κ3) is 4.12. The van der Waals surface area contributed by atoms with Gasteiger partial charge in [0.2, 0.25) is 0 Å². The van der Waals surface area contributed by atoms with Crippen molar-refractivity contribution >= 4 is 17.2 Å². The molecule has 21 heavy (non-hydrogen) atoms. The van der Waals surface area contributed by atoms with Crippen LogP contribution in [0.25, 0.3) is 0 Å². The van der Waals surface area contributed by atoms with Crippen molar-refractivity contribution in [2.45, 2.75) is 6.54 Å². The van der Waals surface area contributed by atoms with Crippen molar-refractivity contribution in [1.82, 2.24) is 5.32 Å². The number of nitrogens with one attached hydrogen (secondary N) is 1. The Labute approximate surface area is 124 Å². The molecule has 108 valence electrons. The molecule has 0 saturated heterocycles. The monoisotopic (exact) mass is 306 g/mol. The van der Waals surface area contributed by atoms with Crippen LogP contribution in [0.3, 0.4) is 0 Å². The number of carbonyl (C=O) groups excluding carboxylic acids is 1. The van der Waals surface area contributed by atoms with Crippen LogP contribution in [0.5, 0.6) is 0 Å². The lowest BCUT2D eigenvalue weighted by Gasteiger charge is -2.04. The van der Waals surface area contributed by atoms with Crippen molar-refractivity contribution in [3.8, 4) is 11.8 Å². The standard InChI is InChI=1S/C15H12F2N2OS/c16-12-5-3-10(8-13(12)17)9-19-15(20)14-6-4-11(21-14)2-1-7-18/h3-6,8H,7,9,18H2,(H,19,20). The topological polar surface area (TPSA) is 55.1 Å². The second-order valence-corrected chi connectivity index (χ2v) is 5.18. The summed E-state index contributed by atoms with van der Waals surface area (Å²) in [5.41, 5.74) is 5.76. The zero-order chi connectivity index (χ0) is 15.2. The van der Waals surface area contributed by atoms with E-state index in [0.29, 0.717) is 10.4 Å². The van der Waals surface area contributed by atoms with Crippen molar-refractivity contribution in [1.29, 1.82) is 0 Å². The first-order valence-electron chi connectivity index (χ1n) is 6.11. The van der Waals surface area contributed by atoms with Gasteiger partial charge in [0, 0.05) is 6.54 Å². The molecule has 2 aromatic rings. The fourth-order valence-corrected chi connectivity index (χ4v) is 2.38. The van der Waals surface area contributed by atoms with E-state index < -0.39 is 11.6 Å². The number of nitrogens with two attached hydrogens (primary N) is 1. The van der Waals surface area contributed by atoms with Gasteiger partial charge in [-0.2, -0.15) is 0 Å². The van der Waals surface area contributed by atoms with Crippen LogP contribution in [0, 0.1) is 23.5 Å². The molecular weight excluding hydrogens is 294 g/mol. The van der Waals surface area contributed by atoms with Gasteiger partial charge in [-0.05, 0) is 29.8 Å². The Bertz CT molecular complexity index is 716. The van der Waals surface area contributed by atoms with Crippen molar-refractivity contribution in [2.24, 2.45) is 5.73 Å². The summed E-state index contributed by atoms with van der Waals surface area (Å²) in [4.78, 5) is 13.2. The molecule has 3 nitrogen and oxygen atoms in total. The molecule has 1 amide bonds. The fourth-order valence-electron chi connectivity index (χ4n) is 1.58. The molecule has 0 aliphatic rings. The maximum Gasteiger partial charge on any atom is 0.261 e. The van der Waals surface area contributed by atoms with Crippen LogP contribution in [0.2, 0.25) is 0 Å². The van der Waals surface area contributed by atoms with Crippen LogP contribution in [0.4, 0.5) is 8.78 Å². The summed E-state index contributed by atoms with van der Waals surface area (Å²) >= 11 is 1.25. The highest BCUT2D eigenvalue weighted by atomic mass is 32.1. The highest BCUT2D eigenvalue weighted by Gasteiger charge is 2.09. The Morgan fingerprint density at radius 2 is 2.05 bits per heavy atom. The van der Waals surface area contributed by atoms with Crippen molar-refractivity contribution in [3.05, 3.63) is 57.3 Å². The number of benzene rings is 1. The molecule has 0 radical (unpaired) electrons. The lowest BCUT2D eigenvalue weighted by Crippen LogP contribution is -2.21.